The number of carboxylic acids is 1. The van der Waals surface area contributed by atoms with E-state index >= 15 is 0 Å². The fourth-order valence-electron chi connectivity index (χ4n) is 1.94. The molecule has 0 saturated heterocycles. The Morgan fingerprint density at radius 3 is 2.22 bits per heavy atom. The van der Waals surface area contributed by atoms with Crippen LogP contribution in [0.3, 0.4) is 0 Å². The molecule has 0 bridgehead atoms. The highest BCUT2D eigenvalue weighted by atomic mass is 19.4. The Morgan fingerprint density at radius 1 is 1.15 bits per heavy atom. The zero-order valence-electron chi connectivity index (χ0n) is 14.5. The van der Waals surface area contributed by atoms with Crippen LogP contribution in [-0.2, 0) is 4.79 Å². The number of anilines is 1. The van der Waals surface area contributed by atoms with Crippen molar-refractivity contribution in [2.24, 2.45) is 10.9 Å². The van der Waals surface area contributed by atoms with E-state index in [0.29, 0.717) is 0 Å². The molecule has 0 aliphatic heterocycles. The average molecular weight is 384 g/mol. The first-order valence-corrected chi connectivity index (χ1v) is 7.67. The summed E-state index contributed by atoms with van der Waals surface area (Å²) in [6.07, 6.45) is -3.48. The van der Waals surface area contributed by atoms with Gasteiger partial charge < -0.3 is 21.6 Å². The number of nitrogens with zero attached hydrogens (tertiary/aromatic N) is 1. The smallest absolute Gasteiger partial charge is 0.475 e. The number of nitrogens with one attached hydrogen (secondary N) is 2. The second-order valence-corrected chi connectivity index (χ2v) is 5.66. The van der Waals surface area contributed by atoms with Gasteiger partial charge in [0.25, 0.3) is 0 Å². The first-order valence-electron chi connectivity index (χ1n) is 7.67. The van der Waals surface area contributed by atoms with Crippen LogP contribution in [0.4, 0.5) is 23.7 Å². The summed E-state index contributed by atoms with van der Waals surface area (Å²) in [6, 6.07) is 11.5. The molecule has 5 N–H and O–H groups in total. The van der Waals surface area contributed by atoms with Crippen molar-refractivity contribution in [2.75, 3.05) is 5.32 Å². The minimum absolute atomic E-state index is 0.105. The number of hydrogen-bond donors (Lipinski definition) is 4. The van der Waals surface area contributed by atoms with E-state index in [9.17, 15) is 18.0 Å². The topological polar surface area (TPSA) is 117 Å². The summed E-state index contributed by atoms with van der Waals surface area (Å²) < 4.78 is 31.7. The number of urea groups is 1. The monoisotopic (exact) mass is 384 g/mol. The molecule has 0 heterocycles. The summed E-state index contributed by atoms with van der Waals surface area (Å²) in [5, 5.41) is 18.3. The predicted molar refractivity (Wildman–Crippen MR) is 96.7 cm³/mol. The number of hydrogen-bond acceptors (Lipinski definition) is 4. The Labute approximate surface area is 153 Å². The van der Waals surface area contributed by atoms with Crippen LogP contribution in [-0.4, -0.2) is 35.5 Å². The quantitative estimate of drug-likeness (QED) is 0.369. The molecule has 0 radical (unpaired) electrons. The van der Waals surface area contributed by atoms with E-state index in [0.717, 1.165) is 22.0 Å². The summed E-state index contributed by atoms with van der Waals surface area (Å²) in [4.78, 5) is 20.5. The lowest BCUT2D eigenvalue weighted by molar-refractivity contribution is -0.192. The van der Waals surface area contributed by atoms with Crippen LogP contribution in [0.5, 0.6) is 0 Å². The molecule has 0 fully saturated rings. The van der Waals surface area contributed by atoms with Gasteiger partial charge in [-0.3, -0.25) is 0 Å². The lowest BCUT2D eigenvalue weighted by Crippen LogP contribution is -2.34. The number of amides is 2. The van der Waals surface area contributed by atoms with Gasteiger partial charge in [-0.25, -0.2) is 9.59 Å². The minimum atomic E-state index is -5.08. The molecular weight excluding hydrogens is 365 g/mol. The fourth-order valence-corrected chi connectivity index (χ4v) is 1.94. The van der Waals surface area contributed by atoms with Gasteiger partial charge in [-0.2, -0.15) is 18.3 Å². The lowest BCUT2D eigenvalue weighted by Gasteiger charge is -2.10. The molecule has 2 aromatic carbocycles. The van der Waals surface area contributed by atoms with Crippen molar-refractivity contribution in [1.82, 2.24) is 5.32 Å². The van der Waals surface area contributed by atoms with Crippen molar-refractivity contribution in [3.8, 4) is 0 Å². The molecule has 2 aromatic rings. The minimum Gasteiger partial charge on any atom is -0.475 e. The number of aliphatic carboxylic acids is 1. The molecule has 0 spiro atoms. The Morgan fingerprint density at radius 2 is 1.70 bits per heavy atom. The van der Waals surface area contributed by atoms with Gasteiger partial charge in [0, 0.05) is 11.7 Å². The van der Waals surface area contributed by atoms with Gasteiger partial charge in [0.2, 0.25) is 0 Å². The third-order valence-corrected chi connectivity index (χ3v) is 3.01. The Hall–Kier alpha value is -3.30. The van der Waals surface area contributed by atoms with E-state index in [1.54, 1.807) is 6.21 Å². The summed E-state index contributed by atoms with van der Waals surface area (Å²) in [6.45, 7) is 3.83. The lowest BCUT2D eigenvalue weighted by atomic mass is 10.1. The van der Waals surface area contributed by atoms with Crippen LogP contribution in [0.2, 0.25) is 0 Å². The van der Waals surface area contributed by atoms with Gasteiger partial charge >= 0.3 is 18.2 Å². The largest absolute Gasteiger partial charge is 0.490 e. The Bertz CT molecular complexity index is 836. The van der Waals surface area contributed by atoms with E-state index in [1.807, 2.05) is 50.2 Å². The fraction of sp³-hybridized carbons (Fsp3) is 0.235. The Kier molecular flexibility index (Phi) is 7.58. The summed E-state index contributed by atoms with van der Waals surface area (Å²) >= 11 is 0. The van der Waals surface area contributed by atoms with Gasteiger partial charge in [0.15, 0.2) is 0 Å². The SMILES string of the molecule is CC(C)NC(=O)Nc1ccc2cc(C=NN)ccc2c1.O=C(O)C(F)(F)F. The number of hydrazone groups is 1. The van der Waals surface area contributed by atoms with Crippen LogP contribution < -0.4 is 16.5 Å². The van der Waals surface area contributed by atoms with Crippen molar-refractivity contribution in [2.45, 2.75) is 26.1 Å². The van der Waals surface area contributed by atoms with E-state index in [1.165, 1.54) is 0 Å². The predicted octanol–water partition coefficient (Wildman–Crippen LogP) is 3.30. The maximum atomic E-state index is 11.6. The molecule has 0 saturated carbocycles. The highest BCUT2D eigenvalue weighted by Crippen LogP contribution is 2.20. The van der Waals surface area contributed by atoms with Gasteiger partial charge in [0.05, 0.1) is 6.21 Å². The molecule has 0 aliphatic rings. The Balaban J connectivity index is 0.000000445. The van der Waals surface area contributed by atoms with Crippen molar-refractivity contribution in [3.05, 3.63) is 42.0 Å². The second kappa shape index (κ2) is 9.41. The van der Waals surface area contributed by atoms with E-state index < -0.39 is 12.1 Å². The average Bonchev–Trinajstić information content (AvgIpc) is 2.54. The molecule has 146 valence electrons. The van der Waals surface area contributed by atoms with Gasteiger partial charge in [-0.05, 0) is 48.4 Å². The van der Waals surface area contributed by atoms with Crippen molar-refractivity contribution >= 4 is 34.7 Å². The number of carbonyl (C=O) groups is 2. The zero-order chi connectivity index (χ0) is 20.6. The molecule has 2 rings (SSSR count). The van der Waals surface area contributed by atoms with Crippen LogP contribution in [0.1, 0.15) is 19.4 Å². The number of fused-ring (bicyclic) bond motifs is 1. The van der Waals surface area contributed by atoms with Crippen molar-refractivity contribution < 1.29 is 27.9 Å². The maximum absolute atomic E-state index is 11.6. The molecule has 0 aliphatic carbocycles. The van der Waals surface area contributed by atoms with Crippen LogP contribution in [0.15, 0.2) is 41.5 Å². The number of rotatable bonds is 3. The van der Waals surface area contributed by atoms with Gasteiger partial charge in [0.1, 0.15) is 0 Å². The van der Waals surface area contributed by atoms with E-state index in [-0.39, 0.29) is 12.1 Å². The highest BCUT2D eigenvalue weighted by molar-refractivity contribution is 5.95. The molecular formula is C17H19F3N4O3. The standard InChI is InChI=1S/C15H18N4O.C2HF3O2/c1-10(2)18-15(20)19-14-6-5-12-7-11(9-17-16)3-4-13(12)8-14;3-2(4,5)1(6)7/h3-10H,16H2,1-2H3,(H2,18,19,20);(H,6,7). The summed E-state index contributed by atoms with van der Waals surface area (Å²) in [5.41, 5.74) is 1.70. The molecule has 10 heteroatoms. The molecule has 2 amide bonds. The van der Waals surface area contributed by atoms with Gasteiger partial charge in [-0.1, -0.05) is 18.2 Å². The normalized spacial score (nSPS) is 11.2. The summed E-state index contributed by atoms with van der Waals surface area (Å²) in [7, 11) is 0. The highest BCUT2D eigenvalue weighted by Gasteiger charge is 2.38. The number of alkyl halides is 3. The van der Waals surface area contributed by atoms with E-state index in [4.69, 9.17) is 15.7 Å². The number of nitrogens with two attached hydrogens (primary N) is 1. The first-order chi connectivity index (χ1) is 12.5. The zero-order valence-corrected chi connectivity index (χ0v) is 14.5. The molecule has 27 heavy (non-hydrogen) atoms. The second-order valence-electron chi connectivity index (χ2n) is 5.66. The third-order valence-electron chi connectivity index (χ3n) is 3.01. The van der Waals surface area contributed by atoms with Crippen LogP contribution in [0.25, 0.3) is 10.8 Å². The summed E-state index contributed by atoms with van der Waals surface area (Å²) in [5.74, 6) is 2.38. The number of carbonyl (C=O) groups excluding carboxylic acids is 1. The number of halogens is 3. The van der Waals surface area contributed by atoms with Crippen LogP contribution >= 0.6 is 0 Å². The third kappa shape index (κ3) is 7.63. The first kappa shape index (κ1) is 21.7. The van der Waals surface area contributed by atoms with Crippen LogP contribution in [0, 0.1) is 0 Å². The number of carboxylic acid groups (broad SMARTS) is 1. The molecule has 7 nitrogen and oxygen atoms in total. The maximum Gasteiger partial charge on any atom is 0.490 e. The molecule has 0 atom stereocenters. The number of benzene rings is 2. The molecule has 0 unspecified atom stereocenters. The molecule has 0 aromatic heterocycles. The van der Waals surface area contributed by atoms with Crippen molar-refractivity contribution in [1.29, 1.82) is 0 Å². The van der Waals surface area contributed by atoms with Gasteiger partial charge in [-0.15, -0.1) is 0 Å². The van der Waals surface area contributed by atoms with Crippen molar-refractivity contribution in [3.63, 3.8) is 0 Å². The van der Waals surface area contributed by atoms with E-state index in [2.05, 4.69) is 15.7 Å².